The molecule has 1 aromatic heterocycles. The topological polar surface area (TPSA) is 43.8 Å². The lowest BCUT2D eigenvalue weighted by Crippen LogP contribution is -2.06. The van der Waals surface area contributed by atoms with Gasteiger partial charge in [-0.05, 0) is 46.4 Å². The average Bonchev–Trinajstić information content (AvgIpc) is 2.48. The first-order chi connectivity index (χ1) is 7.56. The van der Waals surface area contributed by atoms with Crippen molar-refractivity contribution >= 4 is 40.0 Å². The van der Waals surface area contributed by atoms with E-state index in [-0.39, 0.29) is 5.82 Å². The first kappa shape index (κ1) is 11.7. The van der Waals surface area contributed by atoms with Crippen molar-refractivity contribution < 1.29 is 4.39 Å². The van der Waals surface area contributed by atoms with Crippen molar-refractivity contribution in [3.8, 4) is 0 Å². The van der Waals surface area contributed by atoms with E-state index in [1.807, 2.05) is 0 Å². The highest BCUT2D eigenvalue weighted by molar-refractivity contribution is 14.1. The number of nitrogen functional groups attached to an aromatic ring is 1. The number of anilines is 1. The van der Waals surface area contributed by atoms with E-state index in [4.69, 9.17) is 17.3 Å². The summed E-state index contributed by atoms with van der Waals surface area (Å²) in [6.07, 6.45) is 1.66. The van der Waals surface area contributed by atoms with E-state index >= 15 is 0 Å². The molecule has 0 amide bonds. The lowest BCUT2D eigenvalue weighted by molar-refractivity contribution is 0.620. The van der Waals surface area contributed by atoms with Crippen LogP contribution in [0.5, 0.6) is 0 Å². The van der Waals surface area contributed by atoms with E-state index in [1.54, 1.807) is 16.9 Å². The Hall–Kier alpha value is -0.820. The molecule has 0 saturated carbocycles. The zero-order valence-electron chi connectivity index (χ0n) is 8.12. The Morgan fingerprint density at radius 1 is 1.44 bits per heavy atom. The van der Waals surface area contributed by atoms with Gasteiger partial charge in [0.1, 0.15) is 11.6 Å². The molecule has 16 heavy (non-hydrogen) atoms. The number of halogens is 3. The van der Waals surface area contributed by atoms with Crippen LogP contribution < -0.4 is 5.73 Å². The van der Waals surface area contributed by atoms with Crippen LogP contribution in [-0.4, -0.2) is 9.78 Å². The summed E-state index contributed by atoms with van der Waals surface area (Å²) in [7, 11) is 0. The van der Waals surface area contributed by atoms with Gasteiger partial charge in [0, 0.05) is 5.02 Å². The van der Waals surface area contributed by atoms with Gasteiger partial charge in [-0.25, -0.2) is 9.07 Å². The summed E-state index contributed by atoms with van der Waals surface area (Å²) in [5.41, 5.74) is 6.53. The molecule has 3 nitrogen and oxygen atoms in total. The zero-order valence-corrected chi connectivity index (χ0v) is 11.0. The van der Waals surface area contributed by atoms with Crippen LogP contribution in [0.15, 0.2) is 24.4 Å². The zero-order chi connectivity index (χ0) is 11.7. The molecule has 1 heterocycles. The van der Waals surface area contributed by atoms with Crippen molar-refractivity contribution in [1.29, 1.82) is 0 Å². The molecule has 2 N–H and O–H groups in total. The Morgan fingerprint density at radius 3 is 2.75 bits per heavy atom. The molecule has 84 valence electrons. The molecule has 2 rings (SSSR count). The van der Waals surface area contributed by atoms with E-state index in [0.29, 0.717) is 17.4 Å². The predicted octanol–water partition coefficient (Wildman–Crippen LogP) is 2.91. The Kier molecular flexibility index (Phi) is 3.34. The second-order valence-corrected chi connectivity index (χ2v) is 4.91. The van der Waals surface area contributed by atoms with Crippen molar-refractivity contribution in [2.24, 2.45) is 0 Å². The third-order valence-electron chi connectivity index (χ3n) is 2.09. The third-order valence-corrected chi connectivity index (χ3v) is 3.14. The highest BCUT2D eigenvalue weighted by Gasteiger charge is 2.06. The standard InChI is InChI=1S/C10H8ClFIN3/c11-7-1-6(2-8(12)3-7)5-16-10(14)9(13)4-15-16/h1-4H,5,14H2. The van der Waals surface area contributed by atoms with E-state index in [0.717, 1.165) is 9.13 Å². The maximum atomic E-state index is 13.1. The molecule has 0 radical (unpaired) electrons. The van der Waals surface area contributed by atoms with E-state index in [9.17, 15) is 4.39 Å². The van der Waals surface area contributed by atoms with Gasteiger partial charge in [0.05, 0.1) is 16.3 Å². The lowest BCUT2D eigenvalue weighted by atomic mass is 10.2. The van der Waals surface area contributed by atoms with Gasteiger partial charge < -0.3 is 5.73 Å². The minimum Gasteiger partial charge on any atom is -0.383 e. The largest absolute Gasteiger partial charge is 0.383 e. The average molecular weight is 352 g/mol. The summed E-state index contributed by atoms with van der Waals surface area (Å²) >= 11 is 7.85. The molecule has 0 bridgehead atoms. The molecular formula is C10H8ClFIN3. The fraction of sp³-hybridized carbons (Fsp3) is 0.100. The molecule has 0 unspecified atom stereocenters. The van der Waals surface area contributed by atoms with Gasteiger partial charge in [-0.15, -0.1) is 0 Å². The lowest BCUT2D eigenvalue weighted by Gasteiger charge is -2.05. The Labute approximate surface area is 111 Å². The maximum Gasteiger partial charge on any atom is 0.135 e. The predicted molar refractivity (Wildman–Crippen MR) is 69.9 cm³/mol. The molecule has 0 aliphatic carbocycles. The van der Waals surface area contributed by atoms with Crippen LogP contribution >= 0.6 is 34.2 Å². The smallest absolute Gasteiger partial charge is 0.135 e. The molecule has 6 heteroatoms. The van der Waals surface area contributed by atoms with Gasteiger partial charge in [0.25, 0.3) is 0 Å². The summed E-state index contributed by atoms with van der Waals surface area (Å²) < 4.78 is 15.6. The van der Waals surface area contributed by atoms with Gasteiger partial charge in [-0.3, -0.25) is 0 Å². The van der Waals surface area contributed by atoms with Crippen LogP contribution in [0.25, 0.3) is 0 Å². The minimum absolute atomic E-state index is 0.358. The molecule has 1 aromatic carbocycles. The van der Waals surface area contributed by atoms with Gasteiger partial charge in [0.2, 0.25) is 0 Å². The molecule has 0 aliphatic rings. The number of hydrogen-bond acceptors (Lipinski definition) is 2. The highest BCUT2D eigenvalue weighted by Crippen LogP contribution is 2.18. The van der Waals surface area contributed by atoms with Crippen molar-refractivity contribution in [2.75, 3.05) is 5.73 Å². The van der Waals surface area contributed by atoms with E-state index in [2.05, 4.69) is 27.7 Å². The Morgan fingerprint density at radius 2 is 2.19 bits per heavy atom. The fourth-order valence-corrected chi connectivity index (χ4v) is 2.02. The summed E-state index contributed by atoms with van der Waals surface area (Å²) in [4.78, 5) is 0. The molecule has 0 spiro atoms. The number of nitrogens with two attached hydrogens (primary N) is 1. The van der Waals surface area contributed by atoms with Crippen LogP contribution in [-0.2, 0) is 6.54 Å². The molecule has 0 fully saturated rings. The van der Waals surface area contributed by atoms with Crippen LogP contribution in [0.3, 0.4) is 0 Å². The van der Waals surface area contributed by atoms with Gasteiger partial charge in [-0.1, -0.05) is 11.6 Å². The fourth-order valence-electron chi connectivity index (χ4n) is 1.37. The van der Waals surface area contributed by atoms with Crippen LogP contribution in [0.1, 0.15) is 5.56 Å². The molecule has 0 aliphatic heterocycles. The Bertz CT molecular complexity index is 507. The van der Waals surface area contributed by atoms with Crippen molar-refractivity contribution in [3.05, 3.63) is 44.4 Å². The number of rotatable bonds is 2. The minimum atomic E-state index is -0.358. The molecule has 2 aromatic rings. The summed E-state index contributed by atoms with van der Waals surface area (Å²) in [6, 6.07) is 4.37. The Balaban J connectivity index is 2.30. The van der Waals surface area contributed by atoms with Crippen LogP contribution in [0.2, 0.25) is 5.02 Å². The normalized spacial score (nSPS) is 10.7. The maximum absolute atomic E-state index is 13.1. The molecule has 0 saturated heterocycles. The number of aromatic nitrogens is 2. The van der Waals surface area contributed by atoms with Crippen molar-refractivity contribution in [2.45, 2.75) is 6.54 Å². The van der Waals surface area contributed by atoms with Gasteiger partial charge >= 0.3 is 0 Å². The summed E-state index contributed by atoms with van der Waals surface area (Å²) in [5.74, 6) is 0.212. The monoisotopic (exact) mass is 351 g/mol. The van der Waals surface area contributed by atoms with E-state index in [1.165, 1.54) is 12.1 Å². The van der Waals surface area contributed by atoms with Crippen molar-refractivity contribution in [1.82, 2.24) is 9.78 Å². The van der Waals surface area contributed by atoms with Gasteiger partial charge in [-0.2, -0.15) is 5.10 Å². The second-order valence-electron chi connectivity index (χ2n) is 3.31. The van der Waals surface area contributed by atoms with E-state index < -0.39 is 0 Å². The quantitative estimate of drug-likeness (QED) is 0.846. The first-order valence-electron chi connectivity index (χ1n) is 4.48. The number of benzene rings is 1. The summed E-state index contributed by atoms with van der Waals surface area (Å²) in [6.45, 7) is 0.409. The highest BCUT2D eigenvalue weighted by atomic mass is 127. The number of nitrogens with zero attached hydrogens (tertiary/aromatic N) is 2. The number of hydrogen-bond donors (Lipinski definition) is 1. The van der Waals surface area contributed by atoms with Crippen LogP contribution in [0.4, 0.5) is 10.2 Å². The third kappa shape index (κ3) is 2.46. The first-order valence-corrected chi connectivity index (χ1v) is 5.93. The van der Waals surface area contributed by atoms with Crippen LogP contribution in [0, 0.1) is 9.39 Å². The molecular weight excluding hydrogens is 343 g/mol. The van der Waals surface area contributed by atoms with Gasteiger partial charge in [0.15, 0.2) is 0 Å². The SMILES string of the molecule is Nc1c(I)cnn1Cc1cc(F)cc(Cl)c1. The summed E-state index contributed by atoms with van der Waals surface area (Å²) in [5, 5.41) is 4.46. The van der Waals surface area contributed by atoms with Crippen molar-refractivity contribution in [3.63, 3.8) is 0 Å². The second kappa shape index (κ2) is 4.58. The molecule has 0 atom stereocenters.